The second kappa shape index (κ2) is 7.53. The topological polar surface area (TPSA) is 64.8 Å². The fourth-order valence-electron chi connectivity index (χ4n) is 6.91. The number of hydrogen-bond acceptors (Lipinski definition) is 6. The van der Waals surface area contributed by atoms with Gasteiger partial charge in [-0.25, -0.2) is 0 Å². The Morgan fingerprint density at radius 3 is 2.50 bits per heavy atom. The molecular formula is C22H33N3O3. The molecular weight excluding hydrogens is 354 g/mol. The standard InChI is InChI=1S/C22H33N3O3/c1-21-11-10-19-17(18(21)7-8-20(21)25-28-4)6-5-15-13-16(24-27-3)9-12-22(15,19)14-23-26-2/h13-14,17-19H,5-12H2,1-4H3/b23-14+,24-16+,25-20+. The van der Waals surface area contributed by atoms with E-state index in [-0.39, 0.29) is 10.8 Å². The van der Waals surface area contributed by atoms with Crippen LogP contribution in [0.25, 0.3) is 0 Å². The van der Waals surface area contributed by atoms with Gasteiger partial charge in [0.2, 0.25) is 0 Å². The quantitative estimate of drug-likeness (QED) is 0.524. The Morgan fingerprint density at radius 1 is 0.929 bits per heavy atom. The van der Waals surface area contributed by atoms with Crippen LogP contribution in [0.15, 0.2) is 27.1 Å². The van der Waals surface area contributed by atoms with Gasteiger partial charge in [-0.05, 0) is 75.2 Å². The highest BCUT2D eigenvalue weighted by atomic mass is 16.6. The van der Waals surface area contributed by atoms with E-state index in [0.717, 1.165) is 31.4 Å². The van der Waals surface area contributed by atoms with Gasteiger partial charge in [0, 0.05) is 10.8 Å². The lowest BCUT2D eigenvalue weighted by molar-refractivity contribution is 0.00409. The average Bonchev–Trinajstić information content (AvgIpc) is 3.03. The lowest BCUT2D eigenvalue weighted by Gasteiger charge is -2.56. The number of oxime groups is 3. The predicted octanol–water partition coefficient (Wildman–Crippen LogP) is 4.57. The Bertz CT molecular complexity index is 729. The summed E-state index contributed by atoms with van der Waals surface area (Å²) in [4.78, 5) is 15.4. The maximum atomic E-state index is 5.19. The van der Waals surface area contributed by atoms with E-state index in [1.54, 1.807) is 21.3 Å². The molecule has 4 aliphatic carbocycles. The predicted molar refractivity (Wildman–Crippen MR) is 110 cm³/mol. The third kappa shape index (κ3) is 2.87. The van der Waals surface area contributed by atoms with E-state index >= 15 is 0 Å². The van der Waals surface area contributed by atoms with Crippen molar-refractivity contribution in [2.24, 2.45) is 44.1 Å². The van der Waals surface area contributed by atoms with Gasteiger partial charge in [0.25, 0.3) is 0 Å². The molecule has 0 N–H and O–H groups in total. The zero-order valence-electron chi connectivity index (χ0n) is 17.6. The highest BCUT2D eigenvalue weighted by Gasteiger charge is 2.59. The Morgan fingerprint density at radius 2 is 1.75 bits per heavy atom. The molecule has 0 aromatic heterocycles. The zero-order valence-corrected chi connectivity index (χ0v) is 17.6. The minimum Gasteiger partial charge on any atom is -0.399 e. The van der Waals surface area contributed by atoms with Crippen LogP contribution in [-0.4, -0.2) is 39.0 Å². The van der Waals surface area contributed by atoms with Crippen LogP contribution in [0.4, 0.5) is 0 Å². The summed E-state index contributed by atoms with van der Waals surface area (Å²) in [6, 6.07) is 0. The number of allylic oxidation sites excluding steroid dienone is 2. The van der Waals surface area contributed by atoms with E-state index < -0.39 is 0 Å². The summed E-state index contributed by atoms with van der Waals surface area (Å²) in [6.07, 6.45) is 13.4. The summed E-state index contributed by atoms with van der Waals surface area (Å²) in [5, 5.41) is 12.9. The van der Waals surface area contributed by atoms with Crippen LogP contribution in [0.2, 0.25) is 0 Å². The molecule has 28 heavy (non-hydrogen) atoms. The molecule has 0 spiro atoms. The van der Waals surface area contributed by atoms with Gasteiger partial charge in [0.05, 0.1) is 17.6 Å². The molecule has 5 unspecified atom stereocenters. The highest BCUT2D eigenvalue weighted by molar-refractivity contribution is 5.98. The Hall–Kier alpha value is -1.85. The Kier molecular flexibility index (Phi) is 5.23. The molecule has 154 valence electrons. The number of nitrogens with zero attached hydrogens (tertiary/aromatic N) is 3. The third-order valence-electron chi connectivity index (χ3n) is 8.12. The molecule has 3 saturated carbocycles. The smallest absolute Gasteiger partial charge is 0.106 e. The molecule has 0 aromatic rings. The van der Waals surface area contributed by atoms with Crippen molar-refractivity contribution in [3.8, 4) is 0 Å². The fourth-order valence-corrected chi connectivity index (χ4v) is 6.91. The first kappa shape index (κ1) is 19.5. The maximum Gasteiger partial charge on any atom is 0.106 e. The van der Waals surface area contributed by atoms with Crippen LogP contribution in [0.1, 0.15) is 58.3 Å². The molecule has 0 aromatic carbocycles. The molecule has 0 amide bonds. The van der Waals surface area contributed by atoms with Crippen LogP contribution in [0.3, 0.4) is 0 Å². The largest absolute Gasteiger partial charge is 0.399 e. The lowest BCUT2D eigenvalue weighted by Crippen LogP contribution is -2.52. The molecule has 5 atom stereocenters. The summed E-state index contributed by atoms with van der Waals surface area (Å²) < 4.78 is 0. The molecule has 3 fully saturated rings. The molecule has 0 aliphatic heterocycles. The van der Waals surface area contributed by atoms with Crippen LogP contribution in [0.5, 0.6) is 0 Å². The summed E-state index contributed by atoms with van der Waals surface area (Å²) in [7, 11) is 4.93. The maximum absolute atomic E-state index is 5.19. The number of fused-ring (bicyclic) bond motifs is 5. The molecule has 4 rings (SSSR count). The van der Waals surface area contributed by atoms with Gasteiger partial charge in [0.1, 0.15) is 21.3 Å². The van der Waals surface area contributed by atoms with Crippen molar-refractivity contribution in [1.82, 2.24) is 0 Å². The van der Waals surface area contributed by atoms with Crippen molar-refractivity contribution in [3.63, 3.8) is 0 Å². The van der Waals surface area contributed by atoms with Crippen molar-refractivity contribution >= 4 is 17.6 Å². The fraction of sp³-hybridized carbons (Fsp3) is 0.773. The van der Waals surface area contributed by atoms with E-state index in [2.05, 4.69) is 34.7 Å². The average molecular weight is 388 g/mol. The molecule has 0 radical (unpaired) electrons. The van der Waals surface area contributed by atoms with Gasteiger partial charge in [-0.1, -0.05) is 28.0 Å². The van der Waals surface area contributed by atoms with E-state index in [4.69, 9.17) is 14.5 Å². The van der Waals surface area contributed by atoms with Crippen LogP contribution in [0, 0.1) is 28.6 Å². The summed E-state index contributed by atoms with van der Waals surface area (Å²) in [5.41, 5.74) is 3.97. The van der Waals surface area contributed by atoms with E-state index in [9.17, 15) is 0 Å². The van der Waals surface area contributed by atoms with Crippen LogP contribution in [-0.2, 0) is 14.5 Å². The first-order valence-electron chi connectivity index (χ1n) is 10.6. The van der Waals surface area contributed by atoms with Gasteiger partial charge in [-0.15, -0.1) is 0 Å². The molecule has 0 bridgehead atoms. The minimum absolute atomic E-state index is 0.00578. The Labute approximate surface area is 168 Å². The SMILES string of the molecule is CO/N=C/C12CC/C(=N\OC)C=C1CCC1C2CCC2(C)/C(=N/OC)CCC12. The first-order chi connectivity index (χ1) is 13.6. The summed E-state index contributed by atoms with van der Waals surface area (Å²) >= 11 is 0. The monoisotopic (exact) mass is 387 g/mol. The van der Waals surface area contributed by atoms with E-state index in [0.29, 0.717) is 17.8 Å². The second-order valence-electron chi connectivity index (χ2n) is 9.02. The van der Waals surface area contributed by atoms with Crippen molar-refractivity contribution in [2.75, 3.05) is 21.3 Å². The summed E-state index contributed by atoms with van der Waals surface area (Å²) in [6.45, 7) is 2.42. The van der Waals surface area contributed by atoms with Crippen molar-refractivity contribution < 1.29 is 14.5 Å². The van der Waals surface area contributed by atoms with Crippen LogP contribution < -0.4 is 0 Å². The summed E-state index contributed by atoms with van der Waals surface area (Å²) in [5.74, 6) is 1.99. The van der Waals surface area contributed by atoms with Gasteiger partial charge >= 0.3 is 0 Å². The van der Waals surface area contributed by atoms with Crippen molar-refractivity contribution in [3.05, 3.63) is 11.6 Å². The molecule has 0 heterocycles. The first-order valence-corrected chi connectivity index (χ1v) is 10.6. The van der Waals surface area contributed by atoms with Gasteiger partial charge in [-0.2, -0.15) is 0 Å². The minimum atomic E-state index is -0.00578. The normalized spacial score (nSPS) is 42.7. The lowest BCUT2D eigenvalue weighted by atomic mass is 9.47. The van der Waals surface area contributed by atoms with Crippen molar-refractivity contribution in [1.29, 1.82) is 0 Å². The second-order valence-corrected chi connectivity index (χ2v) is 9.02. The van der Waals surface area contributed by atoms with Crippen LogP contribution >= 0.6 is 0 Å². The molecule has 6 heteroatoms. The van der Waals surface area contributed by atoms with Gasteiger partial charge < -0.3 is 14.5 Å². The molecule has 6 nitrogen and oxygen atoms in total. The third-order valence-corrected chi connectivity index (χ3v) is 8.12. The highest BCUT2D eigenvalue weighted by Crippen LogP contribution is 2.64. The number of rotatable bonds is 4. The molecule has 0 saturated heterocycles. The van der Waals surface area contributed by atoms with Gasteiger partial charge in [0.15, 0.2) is 0 Å². The van der Waals surface area contributed by atoms with Crippen molar-refractivity contribution in [2.45, 2.75) is 58.3 Å². The molecule has 4 aliphatic rings. The van der Waals surface area contributed by atoms with E-state index in [1.807, 2.05) is 0 Å². The number of hydrogen-bond donors (Lipinski definition) is 0. The van der Waals surface area contributed by atoms with Gasteiger partial charge in [-0.3, -0.25) is 0 Å². The van der Waals surface area contributed by atoms with E-state index in [1.165, 1.54) is 37.0 Å². The zero-order chi connectivity index (χ0) is 19.8. The Balaban J connectivity index is 1.71.